The molecular weight excluding hydrogens is 530 g/mol. The molecule has 1 aliphatic heterocycles. The molecular formula is C25H28N5O6S2+. The van der Waals surface area contributed by atoms with Gasteiger partial charge in [-0.2, -0.15) is 5.26 Å². The summed E-state index contributed by atoms with van der Waals surface area (Å²) in [6, 6.07) is 9.26. The lowest BCUT2D eigenvalue weighted by atomic mass is 10.0. The van der Waals surface area contributed by atoms with Crippen LogP contribution in [0.15, 0.2) is 38.6 Å². The lowest BCUT2D eigenvalue weighted by Crippen LogP contribution is -2.39. The number of anilines is 1. The van der Waals surface area contributed by atoms with Gasteiger partial charge in [-0.1, -0.05) is 0 Å². The van der Waals surface area contributed by atoms with Gasteiger partial charge in [0, 0.05) is 35.7 Å². The molecule has 2 aromatic heterocycles. The van der Waals surface area contributed by atoms with Crippen LogP contribution in [0.4, 0.5) is 9.80 Å². The van der Waals surface area contributed by atoms with Gasteiger partial charge in [-0.3, -0.25) is 9.32 Å². The van der Waals surface area contributed by atoms with Crippen LogP contribution in [0.25, 0.3) is 5.69 Å². The van der Waals surface area contributed by atoms with Crippen molar-refractivity contribution in [2.45, 2.75) is 50.8 Å². The summed E-state index contributed by atoms with van der Waals surface area (Å²) in [6.07, 6.45) is 0.211. The largest absolute Gasteiger partial charge is 0.497 e. The van der Waals surface area contributed by atoms with E-state index in [1.165, 1.54) is 27.8 Å². The van der Waals surface area contributed by atoms with E-state index >= 15 is 0 Å². The number of ether oxygens (including phenoxy) is 2. The summed E-state index contributed by atoms with van der Waals surface area (Å²) >= 11 is 2.48. The number of rotatable bonds is 7. The summed E-state index contributed by atoms with van der Waals surface area (Å²) in [4.78, 5) is 39.9. The molecule has 1 aliphatic rings. The maximum absolute atomic E-state index is 12.7. The quantitative estimate of drug-likeness (QED) is 0.331. The molecule has 0 radical (unpaired) electrons. The number of amides is 2. The van der Waals surface area contributed by atoms with E-state index in [1.54, 1.807) is 36.3 Å². The first kappa shape index (κ1) is 27.3. The molecule has 0 spiro atoms. The molecule has 38 heavy (non-hydrogen) atoms. The fourth-order valence-electron chi connectivity index (χ4n) is 3.81. The Balaban J connectivity index is 1.38. The first-order valence-electron chi connectivity index (χ1n) is 11.8. The van der Waals surface area contributed by atoms with E-state index in [1.807, 2.05) is 20.8 Å². The van der Waals surface area contributed by atoms with Gasteiger partial charge in [0.05, 0.1) is 19.2 Å². The van der Waals surface area contributed by atoms with E-state index in [2.05, 4.69) is 16.7 Å². The van der Waals surface area contributed by atoms with Crippen molar-refractivity contribution in [2.75, 3.05) is 24.7 Å². The number of aromatic nitrogens is 2. The van der Waals surface area contributed by atoms with Gasteiger partial charge < -0.3 is 19.7 Å². The lowest BCUT2D eigenvalue weighted by Gasteiger charge is -2.29. The predicted molar refractivity (Wildman–Crippen MR) is 141 cm³/mol. The minimum absolute atomic E-state index is 0.107. The van der Waals surface area contributed by atoms with Crippen molar-refractivity contribution in [2.24, 2.45) is 0 Å². The van der Waals surface area contributed by atoms with E-state index in [-0.39, 0.29) is 12.3 Å². The Morgan fingerprint density at radius 1 is 1.32 bits per heavy atom. The number of fused-ring (bicyclic) bond motifs is 1. The molecule has 3 heterocycles. The monoisotopic (exact) mass is 558 g/mol. The van der Waals surface area contributed by atoms with Crippen LogP contribution in [0.2, 0.25) is 0 Å². The van der Waals surface area contributed by atoms with E-state index in [0.29, 0.717) is 52.3 Å². The van der Waals surface area contributed by atoms with Crippen molar-refractivity contribution in [3.05, 3.63) is 50.7 Å². The van der Waals surface area contributed by atoms with Gasteiger partial charge in [-0.05, 0) is 66.6 Å². The van der Waals surface area contributed by atoms with Crippen molar-refractivity contribution in [3.8, 4) is 17.5 Å². The number of H-pyrrole nitrogens is 1. The molecule has 11 nitrogen and oxygen atoms in total. The van der Waals surface area contributed by atoms with Crippen LogP contribution in [0, 0.1) is 11.3 Å². The van der Waals surface area contributed by atoms with Crippen molar-refractivity contribution in [1.29, 1.82) is 5.26 Å². The highest BCUT2D eigenvalue weighted by atomic mass is 32.2. The summed E-state index contributed by atoms with van der Waals surface area (Å²) in [5.74, 6) is 0.701. The second-order valence-corrected chi connectivity index (χ2v) is 11.6. The Labute approximate surface area is 227 Å². The molecule has 3 aromatic rings. The van der Waals surface area contributed by atoms with Crippen molar-refractivity contribution in [1.82, 2.24) is 10.2 Å². The first-order valence-corrected chi connectivity index (χ1v) is 13.6. The zero-order valence-electron chi connectivity index (χ0n) is 21.5. The highest BCUT2D eigenvalue weighted by Crippen LogP contribution is 2.37. The number of carbonyl (C=O) groups is 2. The minimum atomic E-state index is -0.600. The first-order chi connectivity index (χ1) is 18.1. The highest BCUT2D eigenvalue weighted by molar-refractivity contribution is 7.99. The molecule has 0 bridgehead atoms. The second-order valence-electron chi connectivity index (χ2n) is 9.44. The molecule has 0 fully saturated rings. The lowest BCUT2D eigenvalue weighted by molar-refractivity contribution is -0.704. The van der Waals surface area contributed by atoms with Gasteiger partial charge in [0.25, 0.3) is 0 Å². The Kier molecular flexibility index (Phi) is 8.13. The summed E-state index contributed by atoms with van der Waals surface area (Å²) in [5.41, 5.74) is 0.813. The molecule has 0 atom stereocenters. The fourth-order valence-corrected chi connectivity index (χ4v) is 5.95. The highest BCUT2D eigenvalue weighted by Gasteiger charge is 2.30. The van der Waals surface area contributed by atoms with E-state index in [9.17, 15) is 19.6 Å². The number of nitriles is 1. The van der Waals surface area contributed by atoms with Gasteiger partial charge in [0.1, 0.15) is 22.4 Å². The number of benzene rings is 1. The molecule has 200 valence electrons. The predicted octanol–water partition coefficient (Wildman–Crippen LogP) is 3.60. The number of methoxy groups -OCH3 is 1. The molecule has 0 saturated carbocycles. The molecule has 1 aromatic carbocycles. The Morgan fingerprint density at radius 3 is 2.71 bits per heavy atom. The summed E-state index contributed by atoms with van der Waals surface area (Å²) in [5, 5.41) is 15.9. The average Bonchev–Trinajstić information content (AvgIpc) is 3.41. The van der Waals surface area contributed by atoms with Crippen LogP contribution in [0.3, 0.4) is 0 Å². The van der Waals surface area contributed by atoms with E-state index < -0.39 is 17.3 Å². The number of thiophene rings is 1. The Hall–Kier alpha value is -3.76. The average molecular weight is 559 g/mol. The summed E-state index contributed by atoms with van der Waals surface area (Å²) in [6.45, 7) is 6.19. The molecule has 13 heteroatoms. The number of aromatic amines is 1. The topological polar surface area (TPSA) is 142 Å². The smallest absolute Gasteiger partial charge is 0.442 e. The maximum Gasteiger partial charge on any atom is 0.442 e. The Morgan fingerprint density at radius 2 is 2.05 bits per heavy atom. The van der Waals surface area contributed by atoms with Gasteiger partial charge >= 0.3 is 16.7 Å². The molecule has 4 rings (SSSR count). The van der Waals surface area contributed by atoms with Crippen molar-refractivity contribution >= 4 is 40.1 Å². The minimum Gasteiger partial charge on any atom is -0.497 e. The number of hydrogen-bond acceptors (Lipinski definition) is 9. The third-order valence-electron chi connectivity index (χ3n) is 5.58. The van der Waals surface area contributed by atoms with Crippen LogP contribution < -0.4 is 20.4 Å². The molecule has 2 amide bonds. The summed E-state index contributed by atoms with van der Waals surface area (Å²) < 4.78 is 17.1. The number of hydrogen-bond donors (Lipinski definition) is 2. The van der Waals surface area contributed by atoms with Gasteiger partial charge in [0.15, 0.2) is 0 Å². The second kappa shape index (κ2) is 11.3. The van der Waals surface area contributed by atoms with Crippen LogP contribution >= 0.6 is 23.1 Å². The number of carbonyl (C=O) groups excluding carboxylic acids is 2. The molecule has 0 unspecified atom stereocenters. The zero-order chi connectivity index (χ0) is 27.4. The maximum atomic E-state index is 12.7. The van der Waals surface area contributed by atoms with Crippen molar-refractivity contribution in [3.63, 3.8) is 0 Å². The van der Waals surface area contributed by atoms with Crippen LogP contribution in [0.1, 0.15) is 43.2 Å². The zero-order valence-corrected chi connectivity index (χ0v) is 23.1. The molecule has 0 saturated heterocycles. The number of nitrogens with one attached hydrogen (secondary N) is 2. The van der Waals surface area contributed by atoms with Gasteiger partial charge in [0.2, 0.25) is 11.6 Å². The SMILES string of the molecule is COc1ccc(-[n+]2[nH]oc(=O)c2SCCC(=O)Nc2sc3c(c2C#N)CCN(C(=O)OC(C)(C)C)C3)cc1. The van der Waals surface area contributed by atoms with Crippen LogP contribution in [-0.2, 0) is 22.5 Å². The normalized spacial score (nSPS) is 13.0. The van der Waals surface area contributed by atoms with Gasteiger partial charge in [-0.25, -0.2) is 9.59 Å². The number of thioether (sulfide) groups is 1. The third kappa shape index (κ3) is 6.20. The summed E-state index contributed by atoms with van der Waals surface area (Å²) in [7, 11) is 1.57. The van der Waals surface area contributed by atoms with Crippen LogP contribution in [0.5, 0.6) is 5.75 Å². The van der Waals surface area contributed by atoms with Gasteiger partial charge in [-0.15, -0.1) is 11.3 Å². The molecule has 2 N–H and O–H groups in total. The fraction of sp³-hybridized carbons (Fsp3) is 0.400. The van der Waals surface area contributed by atoms with E-state index in [0.717, 1.165) is 10.4 Å². The standard InChI is InChI=1S/C25H27N5O6S2/c1-25(2,3)35-24(33)29-11-9-17-18(13-26)21(38-19(17)14-29)27-20(31)10-12-37-22-23(32)36-28-30(22)15-5-7-16(34-4)8-6-15/h5-8H,9-12,14H2,1-4H3,(H-,27,28,31,32)/p+1. The van der Waals surface area contributed by atoms with Crippen LogP contribution in [-0.4, -0.2) is 47.2 Å². The Bertz CT molecular complexity index is 1430. The van der Waals surface area contributed by atoms with E-state index in [4.69, 9.17) is 14.0 Å². The third-order valence-corrected chi connectivity index (χ3v) is 7.74. The molecule has 0 aliphatic carbocycles. The van der Waals surface area contributed by atoms with Crippen molar-refractivity contribution < 1.29 is 28.3 Å². The number of nitrogens with zero attached hydrogens (tertiary/aromatic N) is 3.